The summed E-state index contributed by atoms with van der Waals surface area (Å²) in [6.07, 6.45) is 1.75. The van der Waals surface area contributed by atoms with Crippen LogP contribution in [-0.4, -0.2) is 29.3 Å². The Bertz CT molecular complexity index is 522. The van der Waals surface area contributed by atoms with Crippen molar-refractivity contribution in [2.45, 2.75) is 6.54 Å². The van der Waals surface area contributed by atoms with Crippen LogP contribution in [0, 0.1) is 0 Å². The van der Waals surface area contributed by atoms with E-state index in [1.165, 1.54) is 0 Å². The van der Waals surface area contributed by atoms with E-state index in [0.717, 1.165) is 10.6 Å². The minimum absolute atomic E-state index is 0.0875. The zero-order valence-corrected chi connectivity index (χ0v) is 10.9. The van der Waals surface area contributed by atoms with E-state index in [1.54, 1.807) is 12.3 Å². The molecule has 4 heteroatoms. The van der Waals surface area contributed by atoms with Crippen molar-refractivity contribution in [2.75, 3.05) is 13.6 Å². The third-order valence-electron chi connectivity index (χ3n) is 2.65. The Kier molecular flexibility index (Phi) is 4.18. The van der Waals surface area contributed by atoms with Crippen LogP contribution < -0.4 is 0 Å². The van der Waals surface area contributed by atoms with Gasteiger partial charge in [-0.1, -0.05) is 23.7 Å². The Morgan fingerprint density at radius 1 is 1.33 bits per heavy atom. The van der Waals surface area contributed by atoms with Crippen molar-refractivity contribution in [3.63, 3.8) is 0 Å². The van der Waals surface area contributed by atoms with Crippen LogP contribution in [0.2, 0.25) is 5.02 Å². The first-order valence-corrected chi connectivity index (χ1v) is 6.12. The van der Waals surface area contributed by atoms with Crippen LogP contribution in [0.3, 0.4) is 0 Å². The van der Waals surface area contributed by atoms with E-state index in [-0.39, 0.29) is 5.78 Å². The molecule has 3 nitrogen and oxygen atoms in total. The van der Waals surface area contributed by atoms with E-state index in [9.17, 15) is 4.79 Å². The van der Waals surface area contributed by atoms with E-state index in [1.807, 2.05) is 42.3 Å². The molecule has 0 bridgehead atoms. The summed E-state index contributed by atoms with van der Waals surface area (Å²) in [7, 11) is 1.92. The maximum Gasteiger partial charge on any atom is 0.192 e. The number of likely N-dealkylation sites (N-methyl/N-ethyl adjacent to an activating group) is 1. The molecule has 0 saturated carbocycles. The van der Waals surface area contributed by atoms with E-state index in [2.05, 4.69) is 4.98 Å². The molecule has 0 saturated heterocycles. The first kappa shape index (κ1) is 12.9. The smallest absolute Gasteiger partial charge is 0.192 e. The quantitative estimate of drug-likeness (QED) is 0.841. The van der Waals surface area contributed by atoms with E-state index in [0.29, 0.717) is 18.8 Å². The molecule has 0 fully saturated rings. The molecule has 0 radical (unpaired) electrons. The fourth-order valence-electron chi connectivity index (χ4n) is 1.84. The molecule has 1 N–H and O–H groups in total. The van der Waals surface area contributed by atoms with Crippen molar-refractivity contribution in [3.8, 4) is 0 Å². The van der Waals surface area contributed by atoms with Gasteiger partial charge in [0.05, 0.1) is 12.2 Å². The van der Waals surface area contributed by atoms with Gasteiger partial charge in [-0.15, -0.1) is 0 Å². The van der Waals surface area contributed by atoms with E-state index < -0.39 is 0 Å². The number of benzene rings is 1. The minimum Gasteiger partial charge on any atom is -0.359 e. The van der Waals surface area contributed by atoms with Gasteiger partial charge in [-0.3, -0.25) is 9.69 Å². The Morgan fingerprint density at radius 3 is 2.83 bits per heavy atom. The monoisotopic (exact) mass is 262 g/mol. The van der Waals surface area contributed by atoms with Gasteiger partial charge in [0.25, 0.3) is 0 Å². The lowest BCUT2D eigenvalue weighted by Crippen LogP contribution is -2.25. The van der Waals surface area contributed by atoms with Gasteiger partial charge in [0.2, 0.25) is 0 Å². The van der Waals surface area contributed by atoms with Gasteiger partial charge < -0.3 is 4.98 Å². The zero-order valence-electron chi connectivity index (χ0n) is 10.2. The summed E-state index contributed by atoms with van der Waals surface area (Å²) in [6, 6.07) is 11.3. The highest BCUT2D eigenvalue weighted by Crippen LogP contribution is 2.12. The predicted octanol–water partition coefficient (Wildman–Crippen LogP) is 2.98. The largest absolute Gasteiger partial charge is 0.359 e. The lowest BCUT2D eigenvalue weighted by molar-refractivity contribution is 0.0939. The van der Waals surface area contributed by atoms with Gasteiger partial charge >= 0.3 is 0 Å². The van der Waals surface area contributed by atoms with Crippen LogP contribution in [0.5, 0.6) is 0 Å². The standard InChI is InChI=1S/C14H15ClN2O/c1-17(9-11-4-2-5-12(15)8-11)10-14(18)13-6-3-7-16-13/h2-8,16H,9-10H2,1H3. The van der Waals surface area contributed by atoms with Crippen molar-refractivity contribution in [2.24, 2.45) is 0 Å². The van der Waals surface area contributed by atoms with Crippen molar-refractivity contribution >= 4 is 17.4 Å². The second kappa shape index (κ2) is 5.85. The first-order valence-electron chi connectivity index (χ1n) is 5.75. The molecule has 0 aliphatic rings. The van der Waals surface area contributed by atoms with Crippen molar-refractivity contribution in [1.82, 2.24) is 9.88 Å². The Hall–Kier alpha value is -1.58. The van der Waals surface area contributed by atoms with Crippen molar-refractivity contribution < 1.29 is 4.79 Å². The SMILES string of the molecule is CN(CC(=O)c1ccc[nH]1)Cc1cccc(Cl)c1. The van der Waals surface area contributed by atoms with Crippen LogP contribution in [0.25, 0.3) is 0 Å². The molecular formula is C14H15ClN2O. The van der Waals surface area contributed by atoms with Gasteiger partial charge in [0.1, 0.15) is 0 Å². The molecule has 0 aliphatic heterocycles. The van der Waals surface area contributed by atoms with E-state index in [4.69, 9.17) is 11.6 Å². The third kappa shape index (κ3) is 3.45. The zero-order chi connectivity index (χ0) is 13.0. The molecule has 0 aliphatic carbocycles. The van der Waals surface area contributed by atoms with Crippen molar-refractivity contribution in [1.29, 1.82) is 0 Å². The Labute approximate surface area is 111 Å². The molecule has 2 rings (SSSR count). The molecule has 0 atom stereocenters. The second-order valence-electron chi connectivity index (χ2n) is 4.31. The molecule has 1 aromatic carbocycles. The molecule has 1 heterocycles. The van der Waals surface area contributed by atoms with Gasteiger partial charge in [0, 0.05) is 17.8 Å². The molecular weight excluding hydrogens is 248 g/mol. The van der Waals surface area contributed by atoms with Gasteiger partial charge in [-0.05, 0) is 36.9 Å². The molecule has 0 spiro atoms. The van der Waals surface area contributed by atoms with Gasteiger partial charge in [0.15, 0.2) is 5.78 Å². The average molecular weight is 263 g/mol. The van der Waals surface area contributed by atoms with Crippen LogP contribution in [0.4, 0.5) is 0 Å². The summed E-state index contributed by atoms with van der Waals surface area (Å²) in [6.45, 7) is 1.08. The molecule has 0 unspecified atom stereocenters. The summed E-state index contributed by atoms with van der Waals surface area (Å²) in [4.78, 5) is 16.8. The average Bonchev–Trinajstić information content (AvgIpc) is 2.81. The maximum absolute atomic E-state index is 11.9. The highest BCUT2D eigenvalue weighted by molar-refractivity contribution is 6.30. The third-order valence-corrected chi connectivity index (χ3v) is 2.89. The number of carbonyl (C=O) groups excluding carboxylic acids is 1. The molecule has 0 amide bonds. The number of ketones is 1. The fraction of sp³-hybridized carbons (Fsp3) is 0.214. The molecule has 94 valence electrons. The van der Waals surface area contributed by atoms with Gasteiger partial charge in [-0.25, -0.2) is 0 Å². The summed E-state index contributed by atoms with van der Waals surface area (Å²) < 4.78 is 0. The number of H-pyrrole nitrogens is 1. The predicted molar refractivity (Wildman–Crippen MR) is 72.9 cm³/mol. The highest BCUT2D eigenvalue weighted by Gasteiger charge is 2.10. The number of aromatic nitrogens is 1. The number of nitrogens with one attached hydrogen (secondary N) is 1. The number of nitrogens with zero attached hydrogens (tertiary/aromatic N) is 1. The summed E-state index contributed by atoms with van der Waals surface area (Å²) in [5.74, 6) is 0.0875. The number of hydrogen-bond acceptors (Lipinski definition) is 2. The lowest BCUT2D eigenvalue weighted by Gasteiger charge is -2.15. The number of halogens is 1. The lowest BCUT2D eigenvalue weighted by atomic mass is 10.2. The molecule has 1 aromatic heterocycles. The topological polar surface area (TPSA) is 36.1 Å². The number of carbonyl (C=O) groups is 1. The summed E-state index contributed by atoms with van der Waals surface area (Å²) in [5, 5.41) is 0.719. The van der Waals surface area contributed by atoms with Crippen LogP contribution >= 0.6 is 11.6 Å². The van der Waals surface area contributed by atoms with Crippen molar-refractivity contribution in [3.05, 3.63) is 58.9 Å². The Balaban J connectivity index is 1.93. The number of aromatic amines is 1. The minimum atomic E-state index is 0.0875. The maximum atomic E-state index is 11.9. The summed E-state index contributed by atoms with van der Waals surface area (Å²) in [5.41, 5.74) is 1.75. The Morgan fingerprint density at radius 2 is 2.17 bits per heavy atom. The number of Topliss-reactive ketones (excluding diaryl/α,β-unsaturated/α-hetero) is 1. The van der Waals surface area contributed by atoms with Crippen LogP contribution in [0.15, 0.2) is 42.6 Å². The molecule has 2 aromatic rings. The molecule has 18 heavy (non-hydrogen) atoms. The second-order valence-corrected chi connectivity index (χ2v) is 4.75. The number of rotatable bonds is 5. The normalized spacial score (nSPS) is 10.8. The van der Waals surface area contributed by atoms with Crippen LogP contribution in [-0.2, 0) is 6.54 Å². The number of hydrogen-bond donors (Lipinski definition) is 1. The highest BCUT2D eigenvalue weighted by atomic mass is 35.5. The van der Waals surface area contributed by atoms with E-state index >= 15 is 0 Å². The fourth-order valence-corrected chi connectivity index (χ4v) is 2.05. The van der Waals surface area contributed by atoms with Crippen LogP contribution in [0.1, 0.15) is 16.1 Å². The van der Waals surface area contributed by atoms with Gasteiger partial charge in [-0.2, -0.15) is 0 Å². The first-order chi connectivity index (χ1) is 8.65. The summed E-state index contributed by atoms with van der Waals surface area (Å²) >= 11 is 5.92.